The second-order valence-electron chi connectivity index (χ2n) is 8.04. The smallest absolute Gasteiger partial charge is 0.408 e. The van der Waals surface area contributed by atoms with E-state index in [4.69, 9.17) is 16.3 Å². The van der Waals surface area contributed by atoms with Crippen molar-refractivity contribution in [2.24, 2.45) is 0 Å². The molecule has 2 amide bonds. The van der Waals surface area contributed by atoms with Gasteiger partial charge in [0.1, 0.15) is 17.3 Å². The number of alkyl carbamates (subject to hydrolysis) is 1. The van der Waals surface area contributed by atoms with Crippen molar-refractivity contribution in [1.29, 1.82) is 0 Å². The highest BCUT2D eigenvalue weighted by atomic mass is 35.5. The number of methoxy groups -OCH3 is 1. The van der Waals surface area contributed by atoms with Gasteiger partial charge in [-0.3, -0.25) is 19.4 Å². The van der Waals surface area contributed by atoms with Gasteiger partial charge in [0.25, 0.3) is 0 Å². The minimum atomic E-state index is -1.13. The topological polar surface area (TPSA) is 124 Å². The Balaban J connectivity index is 2.27. The maximum atomic E-state index is 13.0. The predicted molar refractivity (Wildman–Crippen MR) is 122 cm³/mol. The fraction of sp³-hybridized carbons (Fsp3) is 0.348. The van der Waals surface area contributed by atoms with Crippen LogP contribution < -0.4 is 10.6 Å². The molecule has 33 heavy (non-hydrogen) atoms. The normalized spacial score (nSPS) is 11.8. The number of benzene rings is 1. The summed E-state index contributed by atoms with van der Waals surface area (Å²) in [7, 11) is 1.22. The molecule has 0 aliphatic rings. The summed E-state index contributed by atoms with van der Waals surface area (Å²) in [6, 6.07) is 8.14. The Morgan fingerprint density at radius 1 is 1.12 bits per heavy atom. The second kappa shape index (κ2) is 11.4. The number of nitrogens with one attached hydrogen (secondary N) is 2. The number of nitrogens with zero attached hydrogens (tertiary/aromatic N) is 1. The van der Waals surface area contributed by atoms with Crippen molar-refractivity contribution in [2.45, 2.75) is 45.3 Å². The fourth-order valence-corrected chi connectivity index (χ4v) is 2.92. The molecule has 1 aromatic heterocycles. The van der Waals surface area contributed by atoms with Crippen LogP contribution in [0.3, 0.4) is 0 Å². The van der Waals surface area contributed by atoms with Crippen molar-refractivity contribution in [3.8, 4) is 0 Å². The van der Waals surface area contributed by atoms with Gasteiger partial charge in [-0.1, -0.05) is 17.7 Å². The van der Waals surface area contributed by atoms with Crippen LogP contribution in [-0.4, -0.2) is 47.5 Å². The number of rotatable bonds is 8. The number of ether oxygens (including phenoxy) is 2. The minimum absolute atomic E-state index is 0.0468. The zero-order valence-electron chi connectivity index (χ0n) is 18.8. The highest BCUT2D eigenvalue weighted by molar-refractivity contribution is 6.31. The van der Waals surface area contributed by atoms with Crippen LogP contribution in [0.15, 0.2) is 42.6 Å². The summed E-state index contributed by atoms with van der Waals surface area (Å²) in [5.74, 6) is -1.64. The largest absolute Gasteiger partial charge is 0.469 e. The van der Waals surface area contributed by atoms with E-state index < -0.39 is 35.4 Å². The third-order valence-corrected chi connectivity index (χ3v) is 4.49. The fourth-order valence-electron chi connectivity index (χ4n) is 2.75. The van der Waals surface area contributed by atoms with Crippen molar-refractivity contribution in [2.75, 3.05) is 12.4 Å². The number of ketones is 1. The predicted octanol–water partition coefficient (Wildman–Crippen LogP) is 3.75. The van der Waals surface area contributed by atoms with E-state index in [1.54, 1.807) is 32.9 Å². The second-order valence-corrected chi connectivity index (χ2v) is 8.47. The Bertz CT molecular complexity index is 1020. The number of amides is 2. The van der Waals surface area contributed by atoms with E-state index in [1.165, 1.54) is 37.6 Å². The van der Waals surface area contributed by atoms with Gasteiger partial charge >= 0.3 is 12.1 Å². The standard InChI is InChI=1S/C23H26ClN3O6/c1-23(2,3)33-22(31)27-18(10-11-19(28)32-4)21(30)26-16-9-8-14(24)13-15(16)20(29)17-7-5-6-12-25-17/h5-9,12-13,18H,10-11H2,1-4H3,(H,26,30)(H,27,31)/t18-/m0/s1. The maximum absolute atomic E-state index is 13.0. The molecule has 0 bridgehead atoms. The minimum Gasteiger partial charge on any atom is -0.469 e. The van der Waals surface area contributed by atoms with Crippen molar-refractivity contribution in [3.63, 3.8) is 0 Å². The summed E-state index contributed by atoms with van der Waals surface area (Å²) >= 11 is 6.07. The number of esters is 1. The van der Waals surface area contributed by atoms with Crippen molar-refractivity contribution in [3.05, 3.63) is 58.9 Å². The molecule has 0 spiro atoms. The first kappa shape index (κ1) is 25.8. The molecule has 0 radical (unpaired) electrons. The van der Waals surface area contributed by atoms with Crippen LogP contribution in [0.25, 0.3) is 0 Å². The van der Waals surface area contributed by atoms with Crippen LogP contribution in [0.2, 0.25) is 5.02 Å². The van der Waals surface area contributed by atoms with Crippen molar-refractivity contribution < 1.29 is 28.7 Å². The number of hydrogen-bond donors (Lipinski definition) is 2. The van der Waals surface area contributed by atoms with E-state index in [9.17, 15) is 19.2 Å². The highest BCUT2D eigenvalue weighted by Crippen LogP contribution is 2.24. The third kappa shape index (κ3) is 8.19. The molecule has 1 heterocycles. The van der Waals surface area contributed by atoms with Crippen LogP contribution in [-0.2, 0) is 19.1 Å². The molecule has 0 saturated carbocycles. The first-order valence-electron chi connectivity index (χ1n) is 10.1. The molecule has 10 heteroatoms. The average Bonchev–Trinajstić information content (AvgIpc) is 2.76. The number of pyridine rings is 1. The van der Waals surface area contributed by atoms with Gasteiger partial charge in [0.2, 0.25) is 11.7 Å². The van der Waals surface area contributed by atoms with E-state index in [1.807, 2.05) is 0 Å². The molecule has 2 rings (SSSR count). The zero-order valence-corrected chi connectivity index (χ0v) is 19.6. The zero-order chi connectivity index (χ0) is 24.6. The lowest BCUT2D eigenvalue weighted by atomic mass is 10.0. The molecular weight excluding hydrogens is 450 g/mol. The molecule has 9 nitrogen and oxygen atoms in total. The number of hydrogen-bond acceptors (Lipinski definition) is 7. The molecule has 0 fully saturated rings. The van der Waals surface area contributed by atoms with E-state index >= 15 is 0 Å². The van der Waals surface area contributed by atoms with Crippen molar-refractivity contribution >= 4 is 41.0 Å². The lowest BCUT2D eigenvalue weighted by molar-refractivity contribution is -0.140. The quantitative estimate of drug-likeness (QED) is 0.440. The van der Waals surface area contributed by atoms with Crippen molar-refractivity contribution in [1.82, 2.24) is 10.3 Å². The lowest BCUT2D eigenvalue weighted by Crippen LogP contribution is -2.46. The summed E-state index contributed by atoms with van der Waals surface area (Å²) in [6.45, 7) is 5.04. The molecule has 0 aliphatic heterocycles. The van der Waals surface area contributed by atoms with Crippen LogP contribution in [0, 0.1) is 0 Å². The number of halogens is 1. The molecule has 2 N–H and O–H groups in total. The Morgan fingerprint density at radius 2 is 1.85 bits per heavy atom. The third-order valence-electron chi connectivity index (χ3n) is 4.25. The van der Waals surface area contributed by atoms with Gasteiger partial charge in [0, 0.05) is 23.2 Å². The Morgan fingerprint density at radius 3 is 2.45 bits per heavy atom. The number of aromatic nitrogens is 1. The van der Waals surface area contributed by atoms with E-state index in [2.05, 4.69) is 20.4 Å². The average molecular weight is 476 g/mol. The summed E-state index contributed by atoms with van der Waals surface area (Å²) in [5, 5.41) is 5.38. The van der Waals surface area contributed by atoms with Crippen LogP contribution in [0.4, 0.5) is 10.5 Å². The van der Waals surface area contributed by atoms with Crippen LogP contribution >= 0.6 is 11.6 Å². The van der Waals surface area contributed by atoms with Gasteiger partial charge in [0.15, 0.2) is 0 Å². The van der Waals surface area contributed by atoms with Gasteiger partial charge in [-0.25, -0.2) is 4.79 Å². The van der Waals surface area contributed by atoms with Gasteiger partial charge in [-0.15, -0.1) is 0 Å². The van der Waals surface area contributed by atoms with E-state index in [0.717, 1.165) is 0 Å². The summed E-state index contributed by atoms with van der Waals surface area (Å²) in [5.41, 5.74) is -0.316. The first-order chi connectivity index (χ1) is 15.5. The molecule has 1 atom stereocenters. The Kier molecular flexibility index (Phi) is 8.93. The van der Waals surface area contributed by atoms with Gasteiger partial charge in [-0.2, -0.15) is 0 Å². The highest BCUT2D eigenvalue weighted by Gasteiger charge is 2.26. The molecule has 176 valence electrons. The maximum Gasteiger partial charge on any atom is 0.408 e. The molecular formula is C23H26ClN3O6. The number of anilines is 1. The molecule has 0 aliphatic carbocycles. The number of carbonyl (C=O) groups excluding carboxylic acids is 4. The lowest BCUT2D eigenvalue weighted by Gasteiger charge is -2.23. The molecule has 0 unspecified atom stereocenters. The SMILES string of the molecule is COC(=O)CC[C@H](NC(=O)OC(C)(C)C)C(=O)Nc1ccc(Cl)cc1C(=O)c1ccccn1. The summed E-state index contributed by atoms with van der Waals surface area (Å²) < 4.78 is 9.83. The van der Waals surface area contributed by atoms with Crippen LogP contribution in [0.1, 0.15) is 49.7 Å². The van der Waals surface area contributed by atoms with Crippen LogP contribution in [0.5, 0.6) is 0 Å². The van der Waals surface area contributed by atoms with Gasteiger partial charge < -0.3 is 20.1 Å². The van der Waals surface area contributed by atoms with E-state index in [0.29, 0.717) is 5.02 Å². The Labute approximate surface area is 196 Å². The Hall–Kier alpha value is -3.46. The van der Waals surface area contributed by atoms with Gasteiger partial charge in [-0.05, 0) is 57.5 Å². The first-order valence-corrected chi connectivity index (χ1v) is 10.5. The van der Waals surface area contributed by atoms with E-state index in [-0.39, 0.29) is 29.8 Å². The summed E-state index contributed by atoms with van der Waals surface area (Å²) in [6.07, 6.45) is 0.483. The molecule has 0 saturated heterocycles. The summed E-state index contributed by atoms with van der Waals surface area (Å²) in [4.78, 5) is 53.8. The number of carbonyl (C=O) groups is 4. The molecule has 2 aromatic rings. The molecule has 1 aromatic carbocycles. The van der Waals surface area contributed by atoms with Gasteiger partial charge in [0.05, 0.1) is 12.8 Å². The monoisotopic (exact) mass is 475 g/mol.